The molecule has 1 aliphatic heterocycles. The number of rotatable bonds is 3. The molecule has 4 rings (SSSR count). The fraction of sp³-hybridized carbons (Fsp3) is 0.389. The molecule has 1 aromatic carbocycles. The van der Waals surface area contributed by atoms with Crippen LogP contribution in [0.5, 0.6) is 5.75 Å². The van der Waals surface area contributed by atoms with E-state index in [-0.39, 0.29) is 6.04 Å². The molecule has 6 heteroatoms. The Kier molecular flexibility index (Phi) is 3.59. The molecule has 0 spiro atoms. The second kappa shape index (κ2) is 5.78. The van der Waals surface area contributed by atoms with Crippen LogP contribution in [0.2, 0.25) is 0 Å². The molecule has 0 bridgehead atoms. The van der Waals surface area contributed by atoms with Crippen LogP contribution in [0, 0.1) is 6.92 Å². The zero-order valence-electron chi connectivity index (χ0n) is 14.2. The highest BCUT2D eigenvalue weighted by Crippen LogP contribution is 2.40. The van der Waals surface area contributed by atoms with Gasteiger partial charge in [0.15, 0.2) is 5.65 Å². The normalized spacial score (nSPS) is 17.6. The van der Waals surface area contributed by atoms with Crippen molar-refractivity contribution < 1.29 is 4.74 Å². The van der Waals surface area contributed by atoms with Crippen LogP contribution < -0.4 is 9.64 Å². The number of benzene rings is 1. The summed E-state index contributed by atoms with van der Waals surface area (Å²) in [6.45, 7) is 2.91. The van der Waals surface area contributed by atoms with E-state index in [2.05, 4.69) is 27.1 Å². The van der Waals surface area contributed by atoms with Gasteiger partial charge in [0, 0.05) is 19.2 Å². The van der Waals surface area contributed by atoms with Gasteiger partial charge in [0.05, 0.1) is 24.7 Å². The van der Waals surface area contributed by atoms with Crippen molar-refractivity contribution in [3.05, 3.63) is 41.9 Å². The summed E-state index contributed by atoms with van der Waals surface area (Å²) in [6, 6.07) is 8.51. The first-order chi connectivity index (χ1) is 11.7. The number of fused-ring (bicyclic) bond motifs is 1. The molecule has 24 heavy (non-hydrogen) atoms. The Morgan fingerprint density at radius 1 is 1.21 bits per heavy atom. The summed E-state index contributed by atoms with van der Waals surface area (Å²) >= 11 is 0. The Hall–Kier alpha value is -2.63. The topological polar surface area (TPSA) is 56.1 Å². The van der Waals surface area contributed by atoms with Crippen LogP contribution in [-0.4, -0.2) is 33.4 Å². The van der Waals surface area contributed by atoms with Crippen LogP contribution in [0.4, 0.5) is 5.82 Å². The van der Waals surface area contributed by atoms with E-state index in [1.165, 1.54) is 5.56 Å². The minimum absolute atomic E-state index is 0.263. The maximum Gasteiger partial charge on any atom is 0.163 e. The number of hydrogen-bond donors (Lipinski definition) is 0. The second-order valence-electron chi connectivity index (χ2n) is 6.19. The third-order valence-electron chi connectivity index (χ3n) is 4.71. The van der Waals surface area contributed by atoms with Crippen molar-refractivity contribution in [1.29, 1.82) is 0 Å². The number of nitrogens with zero attached hydrogens (tertiary/aromatic N) is 5. The molecule has 1 saturated heterocycles. The van der Waals surface area contributed by atoms with Crippen LogP contribution in [0.3, 0.4) is 0 Å². The van der Waals surface area contributed by atoms with Gasteiger partial charge in [-0.1, -0.05) is 18.2 Å². The Balaban J connectivity index is 1.84. The zero-order valence-corrected chi connectivity index (χ0v) is 14.2. The lowest BCUT2D eigenvalue weighted by Gasteiger charge is -2.27. The molecule has 1 atom stereocenters. The highest BCUT2D eigenvalue weighted by Gasteiger charge is 2.31. The Bertz CT molecular complexity index is 888. The van der Waals surface area contributed by atoms with Gasteiger partial charge in [-0.15, -0.1) is 0 Å². The van der Waals surface area contributed by atoms with Gasteiger partial charge in [0.25, 0.3) is 0 Å². The van der Waals surface area contributed by atoms with Gasteiger partial charge in [0.2, 0.25) is 0 Å². The number of methoxy groups -OCH3 is 1. The Labute approximate surface area is 141 Å². The average molecular weight is 323 g/mol. The molecule has 0 radical (unpaired) electrons. The molecule has 0 N–H and O–H groups in total. The monoisotopic (exact) mass is 323 g/mol. The molecule has 3 heterocycles. The third kappa shape index (κ3) is 2.29. The maximum absolute atomic E-state index is 5.58. The van der Waals surface area contributed by atoms with Crippen LogP contribution in [-0.2, 0) is 7.05 Å². The number of hydrogen-bond acceptors (Lipinski definition) is 5. The summed E-state index contributed by atoms with van der Waals surface area (Å²) < 4.78 is 7.39. The summed E-state index contributed by atoms with van der Waals surface area (Å²) in [4.78, 5) is 11.7. The lowest BCUT2D eigenvalue weighted by Crippen LogP contribution is -2.24. The first-order valence-corrected chi connectivity index (χ1v) is 8.25. The minimum Gasteiger partial charge on any atom is -0.496 e. The van der Waals surface area contributed by atoms with Gasteiger partial charge >= 0.3 is 0 Å². The molecule has 124 valence electrons. The highest BCUT2D eigenvalue weighted by molar-refractivity contribution is 5.87. The van der Waals surface area contributed by atoms with E-state index < -0.39 is 0 Å². The van der Waals surface area contributed by atoms with Gasteiger partial charge in [-0.2, -0.15) is 5.10 Å². The summed E-state index contributed by atoms with van der Waals surface area (Å²) in [5, 5.41) is 5.37. The summed E-state index contributed by atoms with van der Waals surface area (Å²) in [7, 11) is 3.65. The number of aryl methyl sites for hydroxylation is 2. The molecule has 1 aliphatic rings. The van der Waals surface area contributed by atoms with E-state index >= 15 is 0 Å². The Morgan fingerprint density at radius 2 is 2.04 bits per heavy atom. The van der Waals surface area contributed by atoms with Gasteiger partial charge in [-0.05, 0) is 25.8 Å². The predicted molar refractivity (Wildman–Crippen MR) is 93.4 cm³/mol. The fourth-order valence-corrected chi connectivity index (χ4v) is 3.62. The van der Waals surface area contributed by atoms with E-state index in [9.17, 15) is 0 Å². The van der Waals surface area contributed by atoms with E-state index in [1.807, 2.05) is 37.0 Å². The van der Waals surface area contributed by atoms with Crippen molar-refractivity contribution in [2.24, 2.45) is 7.05 Å². The minimum atomic E-state index is 0.263. The standard InChI is InChI=1S/C18H21N5O/c1-12-20-17-14(11-19-22(17)2)18(21-12)23-10-6-8-15(23)13-7-4-5-9-16(13)24-3/h4-5,7,9,11,15H,6,8,10H2,1-3H3. The lowest BCUT2D eigenvalue weighted by molar-refractivity contribution is 0.405. The van der Waals surface area contributed by atoms with Crippen LogP contribution in [0.25, 0.3) is 11.0 Å². The largest absolute Gasteiger partial charge is 0.496 e. The van der Waals surface area contributed by atoms with Crippen molar-refractivity contribution in [3.63, 3.8) is 0 Å². The molecule has 1 unspecified atom stereocenters. The Morgan fingerprint density at radius 3 is 2.88 bits per heavy atom. The first-order valence-electron chi connectivity index (χ1n) is 8.25. The van der Waals surface area contributed by atoms with Crippen LogP contribution in [0.1, 0.15) is 30.3 Å². The van der Waals surface area contributed by atoms with Crippen LogP contribution in [0.15, 0.2) is 30.5 Å². The van der Waals surface area contributed by atoms with E-state index in [0.717, 1.165) is 47.8 Å². The number of anilines is 1. The van der Waals surface area contributed by atoms with Crippen molar-refractivity contribution in [2.45, 2.75) is 25.8 Å². The van der Waals surface area contributed by atoms with Gasteiger partial charge in [0.1, 0.15) is 17.4 Å². The summed E-state index contributed by atoms with van der Waals surface area (Å²) in [6.07, 6.45) is 4.08. The molecule has 2 aromatic heterocycles. The van der Waals surface area contributed by atoms with E-state index in [0.29, 0.717) is 0 Å². The average Bonchev–Trinajstić information content (AvgIpc) is 3.22. The molecular weight excluding hydrogens is 302 g/mol. The van der Waals surface area contributed by atoms with Crippen molar-refractivity contribution in [1.82, 2.24) is 19.7 Å². The molecule has 0 saturated carbocycles. The summed E-state index contributed by atoms with van der Waals surface area (Å²) in [5.41, 5.74) is 2.09. The molecule has 1 fully saturated rings. The number of para-hydroxylation sites is 1. The third-order valence-corrected chi connectivity index (χ3v) is 4.71. The van der Waals surface area contributed by atoms with Crippen molar-refractivity contribution >= 4 is 16.9 Å². The van der Waals surface area contributed by atoms with Crippen molar-refractivity contribution in [2.75, 3.05) is 18.6 Å². The molecule has 0 amide bonds. The molecule has 6 nitrogen and oxygen atoms in total. The predicted octanol–water partition coefficient (Wildman–Crippen LogP) is 3.02. The van der Waals surface area contributed by atoms with Gasteiger partial charge in [-0.25, -0.2) is 9.97 Å². The first kappa shape index (κ1) is 14.9. The zero-order chi connectivity index (χ0) is 16.7. The lowest BCUT2D eigenvalue weighted by atomic mass is 10.0. The van der Waals surface area contributed by atoms with E-state index in [1.54, 1.807) is 7.11 Å². The van der Waals surface area contributed by atoms with Gasteiger partial charge in [-0.3, -0.25) is 4.68 Å². The maximum atomic E-state index is 5.58. The smallest absolute Gasteiger partial charge is 0.163 e. The second-order valence-corrected chi connectivity index (χ2v) is 6.19. The molecule has 3 aromatic rings. The quantitative estimate of drug-likeness (QED) is 0.741. The molecular formula is C18H21N5O. The van der Waals surface area contributed by atoms with Gasteiger partial charge < -0.3 is 9.64 Å². The van der Waals surface area contributed by atoms with Crippen molar-refractivity contribution in [3.8, 4) is 5.75 Å². The fourth-order valence-electron chi connectivity index (χ4n) is 3.62. The van der Waals surface area contributed by atoms with Crippen LogP contribution >= 0.6 is 0 Å². The molecule has 0 aliphatic carbocycles. The number of ether oxygens (including phenoxy) is 1. The summed E-state index contributed by atoms with van der Waals surface area (Å²) in [5.74, 6) is 2.67. The highest BCUT2D eigenvalue weighted by atomic mass is 16.5. The number of aromatic nitrogens is 4. The van der Waals surface area contributed by atoms with E-state index in [4.69, 9.17) is 9.72 Å². The SMILES string of the molecule is COc1ccccc1C1CCCN1c1nc(C)nc2c1cnn2C.